The number of rotatable bonds is 6. The molecule has 0 amide bonds. The number of aryl methyl sites for hydroxylation is 2. The van der Waals surface area contributed by atoms with E-state index in [0.29, 0.717) is 18.5 Å². The van der Waals surface area contributed by atoms with Crippen molar-refractivity contribution in [3.8, 4) is 0 Å². The summed E-state index contributed by atoms with van der Waals surface area (Å²) in [6, 6.07) is 12.9. The molecule has 0 radical (unpaired) electrons. The summed E-state index contributed by atoms with van der Waals surface area (Å²) in [6.07, 6.45) is 2.06. The molecule has 0 atom stereocenters. The monoisotopic (exact) mass is 480 g/mol. The van der Waals surface area contributed by atoms with Crippen LogP contribution in [0.1, 0.15) is 23.8 Å². The topological polar surface area (TPSA) is 83.6 Å². The van der Waals surface area contributed by atoms with E-state index in [2.05, 4.69) is 4.72 Å². The van der Waals surface area contributed by atoms with Gasteiger partial charge in [0.25, 0.3) is 20.0 Å². The van der Waals surface area contributed by atoms with Gasteiger partial charge in [0.05, 0.1) is 16.3 Å². The molecule has 0 aliphatic carbocycles. The molecule has 0 saturated carbocycles. The summed E-state index contributed by atoms with van der Waals surface area (Å²) in [5.41, 5.74) is 1.52. The minimum atomic E-state index is -3.91. The molecule has 0 spiro atoms. The summed E-state index contributed by atoms with van der Waals surface area (Å²) >= 11 is 1.20. The van der Waals surface area contributed by atoms with Crippen LogP contribution >= 0.6 is 11.3 Å². The second-order valence-corrected chi connectivity index (χ2v) is 12.1. The highest BCUT2D eigenvalue weighted by molar-refractivity contribution is 7.94. The van der Waals surface area contributed by atoms with Crippen molar-refractivity contribution in [1.82, 2.24) is 0 Å². The Kier molecular flexibility index (Phi) is 5.80. The van der Waals surface area contributed by atoms with Gasteiger partial charge in [-0.1, -0.05) is 13.0 Å². The van der Waals surface area contributed by atoms with Gasteiger partial charge in [0.1, 0.15) is 10.0 Å². The lowest BCUT2D eigenvalue weighted by Crippen LogP contribution is -2.35. The minimum Gasteiger partial charge on any atom is -0.279 e. The first-order valence-electron chi connectivity index (χ1n) is 9.73. The molecule has 4 rings (SSSR count). The van der Waals surface area contributed by atoms with Gasteiger partial charge in [0.15, 0.2) is 0 Å². The molecule has 164 valence electrons. The fourth-order valence-corrected chi connectivity index (χ4v) is 7.36. The minimum absolute atomic E-state index is 0.0154. The molecule has 31 heavy (non-hydrogen) atoms. The molecule has 0 saturated heterocycles. The lowest BCUT2D eigenvalue weighted by molar-refractivity contribution is 0.585. The van der Waals surface area contributed by atoms with Crippen LogP contribution in [0.2, 0.25) is 0 Å². The van der Waals surface area contributed by atoms with Gasteiger partial charge in [-0.25, -0.2) is 21.2 Å². The number of anilines is 2. The smallest absolute Gasteiger partial charge is 0.271 e. The maximum atomic E-state index is 13.3. The predicted octanol–water partition coefficient (Wildman–Crippen LogP) is 4.39. The van der Waals surface area contributed by atoms with Crippen LogP contribution < -0.4 is 9.03 Å². The lowest BCUT2D eigenvalue weighted by atomic mass is 10.0. The number of sulfonamides is 2. The van der Waals surface area contributed by atoms with Crippen LogP contribution in [0.3, 0.4) is 0 Å². The van der Waals surface area contributed by atoms with Gasteiger partial charge < -0.3 is 0 Å². The fraction of sp³-hybridized carbons (Fsp3) is 0.238. The molecule has 1 aromatic heterocycles. The molecule has 3 aromatic rings. The standard InChI is InChI=1S/C21H21FN2O4S3/c1-2-18-9-12-21(29-18)30(25,26)23-17-8-5-15-4-3-13-24(20(15)14-17)31(27,28)19-10-6-16(22)7-11-19/h5-12,14,23H,2-4,13H2,1H3. The second kappa shape index (κ2) is 8.25. The zero-order valence-electron chi connectivity index (χ0n) is 16.7. The number of hydrogen-bond acceptors (Lipinski definition) is 5. The highest BCUT2D eigenvalue weighted by atomic mass is 32.2. The molecule has 2 aromatic carbocycles. The molecule has 1 aliphatic rings. The fourth-order valence-electron chi connectivity index (χ4n) is 3.49. The average molecular weight is 481 g/mol. The zero-order chi connectivity index (χ0) is 22.2. The zero-order valence-corrected chi connectivity index (χ0v) is 19.2. The second-order valence-electron chi connectivity index (χ2n) is 7.16. The van der Waals surface area contributed by atoms with Crippen molar-refractivity contribution in [3.05, 3.63) is 70.9 Å². The molecular weight excluding hydrogens is 459 g/mol. The normalized spacial score (nSPS) is 14.3. The largest absolute Gasteiger partial charge is 0.279 e. The molecule has 0 bridgehead atoms. The Morgan fingerprint density at radius 2 is 1.77 bits per heavy atom. The highest BCUT2D eigenvalue weighted by Gasteiger charge is 2.30. The number of halogens is 1. The van der Waals surface area contributed by atoms with Gasteiger partial charge in [-0.05, 0) is 73.4 Å². The van der Waals surface area contributed by atoms with Gasteiger partial charge in [-0.15, -0.1) is 11.3 Å². The van der Waals surface area contributed by atoms with Crippen molar-refractivity contribution in [2.45, 2.75) is 35.3 Å². The quantitative estimate of drug-likeness (QED) is 0.567. The van der Waals surface area contributed by atoms with E-state index in [1.54, 1.807) is 30.3 Å². The number of nitrogens with zero attached hydrogens (tertiary/aromatic N) is 1. The van der Waals surface area contributed by atoms with E-state index in [1.165, 1.54) is 27.8 Å². The lowest BCUT2D eigenvalue weighted by Gasteiger charge is -2.31. The molecule has 1 N–H and O–H groups in total. The van der Waals surface area contributed by atoms with Crippen molar-refractivity contribution in [2.75, 3.05) is 15.6 Å². The summed E-state index contributed by atoms with van der Waals surface area (Å²) < 4.78 is 69.2. The van der Waals surface area contributed by atoms with E-state index in [-0.39, 0.29) is 21.3 Å². The van der Waals surface area contributed by atoms with Crippen molar-refractivity contribution in [3.63, 3.8) is 0 Å². The third-order valence-corrected chi connectivity index (χ3v) is 10.00. The van der Waals surface area contributed by atoms with Crippen LogP contribution in [0.4, 0.5) is 15.8 Å². The molecule has 0 unspecified atom stereocenters. The Hall–Kier alpha value is -2.43. The maximum Gasteiger partial charge on any atom is 0.271 e. The Bertz CT molecular complexity index is 1320. The summed E-state index contributed by atoms with van der Waals surface area (Å²) in [5.74, 6) is -0.519. The first kappa shape index (κ1) is 21.8. The van der Waals surface area contributed by atoms with Crippen molar-refractivity contribution >= 4 is 42.8 Å². The van der Waals surface area contributed by atoms with Crippen molar-refractivity contribution < 1.29 is 21.2 Å². The van der Waals surface area contributed by atoms with E-state index in [0.717, 1.165) is 29.0 Å². The van der Waals surface area contributed by atoms with Gasteiger partial charge in [-0.2, -0.15) is 0 Å². The van der Waals surface area contributed by atoms with Crippen LogP contribution in [0.25, 0.3) is 0 Å². The number of hydrogen-bond donors (Lipinski definition) is 1. The third-order valence-electron chi connectivity index (χ3n) is 5.07. The Morgan fingerprint density at radius 1 is 1.03 bits per heavy atom. The molecular formula is C21H21FN2O4S3. The van der Waals surface area contributed by atoms with E-state index < -0.39 is 25.9 Å². The van der Waals surface area contributed by atoms with Gasteiger partial charge in [0.2, 0.25) is 0 Å². The van der Waals surface area contributed by atoms with E-state index in [9.17, 15) is 21.2 Å². The predicted molar refractivity (Wildman–Crippen MR) is 120 cm³/mol. The first-order valence-corrected chi connectivity index (χ1v) is 13.5. The third kappa shape index (κ3) is 4.32. The van der Waals surface area contributed by atoms with E-state index in [4.69, 9.17) is 0 Å². The summed E-state index contributed by atoms with van der Waals surface area (Å²) in [7, 11) is -7.69. The van der Waals surface area contributed by atoms with Crippen LogP contribution in [-0.4, -0.2) is 23.4 Å². The Morgan fingerprint density at radius 3 is 2.45 bits per heavy atom. The van der Waals surface area contributed by atoms with Gasteiger partial charge >= 0.3 is 0 Å². The highest BCUT2D eigenvalue weighted by Crippen LogP contribution is 2.35. The van der Waals surface area contributed by atoms with Gasteiger partial charge in [-0.3, -0.25) is 9.03 Å². The average Bonchev–Trinajstić information content (AvgIpc) is 3.24. The maximum absolute atomic E-state index is 13.3. The number of benzene rings is 2. The van der Waals surface area contributed by atoms with Crippen LogP contribution in [-0.2, 0) is 32.9 Å². The van der Waals surface area contributed by atoms with Crippen LogP contribution in [0.5, 0.6) is 0 Å². The number of thiophene rings is 1. The van der Waals surface area contributed by atoms with Crippen LogP contribution in [0.15, 0.2) is 63.7 Å². The molecule has 1 aliphatic heterocycles. The van der Waals surface area contributed by atoms with Crippen LogP contribution in [0, 0.1) is 5.82 Å². The Labute approximate surface area is 185 Å². The summed E-state index contributed by atoms with van der Waals surface area (Å²) in [6.45, 7) is 2.21. The SMILES string of the molecule is CCc1ccc(S(=O)(=O)Nc2ccc3c(c2)N(S(=O)(=O)c2ccc(F)cc2)CCC3)s1. The molecule has 2 heterocycles. The Balaban J connectivity index is 1.69. The summed E-state index contributed by atoms with van der Waals surface area (Å²) in [5, 5.41) is 0. The first-order chi connectivity index (χ1) is 14.7. The molecule has 10 heteroatoms. The van der Waals surface area contributed by atoms with Gasteiger partial charge in [0, 0.05) is 11.4 Å². The van der Waals surface area contributed by atoms with E-state index in [1.807, 2.05) is 6.92 Å². The number of fused-ring (bicyclic) bond motifs is 1. The van der Waals surface area contributed by atoms with Crippen molar-refractivity contribution in [1.29, 1.82) is 0 Å². The molecule has 6 nitrogen and oxygen atoms in total. The summed E-state index contributed by atoms with van der Waals surface area (Å²) in [4.78, 5) is 0.945. The number of nitrogens with one attached hydrogen (secondary N) is 1. The van der Waals surface area contributed by atoms with E-state index >= 15 is 0 Å². The molecule has 0 fully saturated rings. The van der Waals surface area contributed by atoms with Crippen molar-refractivity contribution in [2.24, 2.45) is 0 Å².